The molecule has 4 rings (SSSR count). The molecule has 0 atom stereocenters. The van der Waals surface area contributed by atoms with Crippen molar-refractivity contribution in [1.82, 2.24) is 0 Å². The minimum atomic E-state index is 0.555. The highest BCUT2D eigenvalue weighted by Gasteiger charge is 2.20. The van der Waals surface area contributed by atoms with Crippen LogP contribution in [-0.2, 0) is 13.2 Å². The Balaban J connectivity index is 1.70. The minimum absolute atomic E-state index is 0.555. The molecule has 0 unspecified atom stereocenters. The molecule has 0 saturated carbocycles. The Hall–Kier alpha value is -2.74. The van der Waals surface area contributed by atoms with E-state index in [2.05, 4.69) is 30.3 Å². The van der Waals surface area contributed by atoms with Crippen LogP contribution in [0.2, 0.25) is 0 Å². The van der Waals surface area contributed by atoms with Crippen LogP contribution < -0.4 is 9.47 Å². The lowest BCUT2D eigenvalue weighted by atomic mass is 9.96. The summed E-state index contributed by atoms with van der Waals surface area (Å²) in [6.45, 7) is 1.17. The first-order valence-corrected chi connectivity index (χ1v) is 7.42. The third-order valence-electron chi connectivity index (χ3n) is 3.90. The predicted octanol–water partition coefficient (Wildman–Crippen LogP) is 4.83. The fourth-order valence-electron chi connectivity index (χ4n) is 2.80. The normalized spacial score (nSPS) is 12.0. The Labute approximate surface area is 129 Å². The molecule has 0 aliphatic carbocycles. The highest BCUT2D eigenvalue weighted by atomic mass is 16.5. The zero-order valence-corrected chi connectivity index (χ0v) is 12.2. The maximum Gasteiger partial charge on any atom is 0.131 e. The molecule has 0 N–H and O–H groups in total. The van der Waals surface area contributed by atoms with E-state index in [1.165, 1.54) is 11.1 Å². The van der Waals surface area contributed by atoms with Gasteiger partial charge in [-0.05, 0) is 28.8 Å². The molecule has 0 radical (unpaired) electrons. The quantitative estimate of drug-likeness (QED) is 0.687. The van der Waals surface area contributed by atoms with Gasteiger partial charge in [0.05, 0.1) is 5.56 Å². The van der Waals surface area contributed by atoms with Gasteiger partial charge >= 0.3 is 0 Å². The van der Waals surface area contributed by atoms with Crippen molar-refractivity contribution in [3.63, 3.8) is 0 Å². The summed E-state index contributed by atoms with van der Waals surface area (Å²) in [5.41, 5.74) is 4.61. The summed E-state index contributed by atoms with van der Waals surface area (Å²) in [6, 6.07) is 24.5. The fraction of sp³-hybridized carbons (Fsp3) is 0.100. The first kappa shape index (κ1) is 13.0. The number of benzene rings is 3. The maximum absolute atomic E-state index is 6.07. The van der Waals surface area contributed by atoms with Gasteiger partial charge in [-0.25, -0.2) is 0 Å². The molecule has 1 aliphatic rings. The lowest BCUT2D eigenvalue weighted by molar-refractivity contribution is 0.287. The Bertz CT molecular complexity index is 794. The van der Waals surface area contributed by atoms with Crippen LogP contribution in [0.15, 0.2) is 72.8 Å². The number of hydrogen-bond acceptors (Lipinski definition) is 2. The predicted molar refractivity (Wildman–Crippen MR) is 87.0 cm³/mol. The van der Waals surface area contributed by atoms with Crippen molar-refractivity contribution in [3.05, 3.63) is 83.9 Å². The molecule has 2 heteroatoms. The highest BCUT2D eigenvalue weighted by molar-refractivity contribution is 5.80. The second-order valence-electron chi connectivity index (χ2n) is 5.35. The van der Waals surface area contributed by atoms with Gasteiger partial charge in [0.1, 0.15) is 24.7 Å². The Morgan fingerprint density at radius 2 is 1.64 bits per heavy atom. The summed E-state index contributed by atoms with van der Waals surface area (Å²) in [4.78, 5) is 0. The molecule has 0 amide bonds. The molecule has 0 fully saturated rings. The molecular formula is C20H16O2. The van der Waals surface area contributed by atoms with E-state index in [4.69, 9.17) is 9.47 Å². The van der Waals surface area contributed by atoms with Crippen LogP contribution in [0.25, 0.3) is 11.1 Å². The summed E-state index contributed by atoms with van der Waals surface area (Å²) >= 11 is 0. The standard InChI is InChI=1S/C20H16O2/c1-2-7-15(8-3-1)13-21-18-11-6-12-19-20(18)17-10-5-4-9-16(17)14-22-19/h1-12H,13-14H2. The summed E-state index contributed by atoms with van der Waals surface area (Å²) in [7, 11) is 0. The molecule has 1 aliphatic heterocycles. The number of ether oxygens (including phenoxy) is 2. The average Bonchev–Trinajstić information content (AvgIpc) is 2.60. The monoisotopic (exact) mass is 288 g/mol. The second kappa shape index (κ2) is 5.57. The largest absolute Gasteiger partial charge is 0.488 e. The third kappa shape index (κ3) is 2.33. The van der Waals surface area contributed by atoms with Crippen molar-refractivity contribution in [2.24, 2.45) is 0 Å². The molecule has 0 bridgehead atoms. The van der Waals surface area contributed by atoms with Crippen LogP contribution in [-0.4, -0.2) is 0 Å². The van der Waals surface area contributed by atoms with Crippen LogP contribution in [0, 0.1) is 0 Å². The van der Waals surface area contributed by atoms with Crippen molar-refractivity contribution >= 4 is 0 Å². The van der Waals surface area contributed by atoms with Gasteiger partial charge in [0, 0.05) is 0 Å². The molecule has 3 aromatic carbocycles. The molecule has 0 aromatic heterocycles. The zero-order valence-electron chi connectivity index (χ0n) is 12.2. The van der Waals surface area contributed by atoms with Crippen molar-refractivity contribution in [3.8, 4) is 22.6 Å². The molecule has 3 aromatic rings. The van der Waals surface area contributed by atoms with Gasteiger partial charge in [0.15, 0.2) is 0 Å². The van der Waals surface area contributed by atoms with Gasteiger partial charge < -0.3 is 9.47 Å². The molecule has 0 saturated heterocycles. The lowest BCUT2D eigenvalue weighted by Crippen LogP contribution is -2.07. The Kier molecular flexibility index (Phi) is 3.28. The van der Waals surface area contributed by atoms with Crippen LogP contribution in [0.1, 0.15) is 11.1 Å². The van der Waals surface area contributed by atoms with E-state index < -0.39 is 0 Å². The molecule has 1 heterocycles. The van der Waals surface area contributed by atoms with Crippen LogP contribution in [0.5, 0.6) is 11.5 Å². The third-order valence-corrected chi connectivity index (χ3v) is 3.90. The van der Waals surface area contributed by atoms with Gasteiger partial charge in [-0.15, -0.1) is 0 Å². The van der Waals surface area contributed by atoms with E-state index in [0.29, 0.717) is 13.2 Å². The van der Waals surface area contributed by atoms with Crippen LogP contribution in [0.4, 0.5) is 0 Å². The van der Waals surface area contributed by atoms with E-state index in [1.54, 1.807) is 0 Å². The lowest BCUT2D eigenvalue weighted by Gasteiger charge is -2.23. The Morgan fingerprint density at radius 3 is 2.55 bits per heavy atom. The van der Waals surface area contributed by atoms with Gasteiger partial charge in [0.2, 0.25) is 0 Å². The van der Waals surface area contributed by atoms with Gasteiger partial charge in [-0.2, -0.15) is 0 Å². The van der Waals surface area contributed by atoms with Gasteiger partial charge in [-0.3, -0.25) is 0 Å². The summed E-state index contributed by atoms with van der Waals surface area (Å²) in [5, 5.41) is 0. The first-order valence-electron chi connectivity index (χ1n) is 7.42. The SMILES string of the molecule is c1ccc(COc2cccc3c2-c2ccccc2CO3)cc1. The highest BCUT2D eigenvalue weighted by Crippen LogP contribution is 2.43. The molecule has 22 heavy (non-hydrogen) atoms. The van der Waals surface area contributed by atoms with E-state index in [0.717, 1.165) is 22.6 Å². The summed E-state index contributed by atoms with van der Waals surface area (Å²) in [5.74, 6) is 1.76. The van der Waals surface area contributed by atoms with Crippen molar-refractivity contribution < 1.29 is 9.47 Å². The van der Waals surface area contributed by atoms with Crippen molar-refractivity contribution in [2.45, 2.75) is 13.2 Å². The number of fused-ring (bicyclic) bond motifs is 3. The van der Waals surface area contributed by atoms with E-state index >= 15 is 0 Å². The van der Waals surface area contributed by atoms with Gasteiger partial charge in [-0.1, -0.05) is 60.7 Å². The Morgan fingerprint density at radius 1 is 0.818 bits per heavy atom. The van der Waals surface area contributed by atoms with Crippen molar-refractivity contribution in [2.75, 3.05) is 0 Å². The van der Waals surface area contributed by atoms with Crippen molar-refractivity contribution in [1.29, 1.82) is 0 Å². The van der Waals surface area contributed by atoms with Gasteiger partial charge in [0.25, 0.3) is 0 Å². The molecular weight excluding hydrogens is 272 g/mol. The minimum Gasteiger partial charge on any atom is -0.488 e. The average molecular weight is 288 g/mol. The summed E-state index contributed by atoms with van der Waals surface area (Å²) in [6.07, 6.45) is 0. The molecule has 108 valence electrons. The van der Waals surface area contributed by atoms with E-state index in [-0.39, 0.29) is 0 Å². The topological polar surface area (TPSA) is 18.5 Å². The van der Waals surface area contributed by atoms with E-state index in [9.17, 15) is 0 Å². The number of hydrogen-bond donors (Lipinski definition) is 0. The van der Waals surface area contributed by atoms with Crippen LogP contribution in [0.3, 0.4) is 0 Å². The number of rotatable bonds is 3. The second-order valence-corrected chi connectivity index (χ2v) is 5.35. The molecule has 2 nitrogen and oxygen atoms in total. The smallest absolute Gasteiger partial charge is 0.131 e. The summed E-state index contributed by atoms with van der Waals surface area (Å²) < 4.78 is 11.9. The fourth-order valence-corrected chi connectivity index (χ4v) is 2.80. The zero-order chi connectivity index (χ0) is 14.8. The first-order chi connectivity index (χ1) is 10.9. The molecule has 0 spiro atoms. The van der Waals surface area contributed by atoms with E-state index in [1.807, 2.05) is 42.5 Å². The maximum atomic E-state index is 6.07. The van der Waals surface area contributed by atoms with Crippen LogP contribution >= 0.6 is 0 Å².